The third-order valence-electron chi connectivity index (χ3n) is 3.15. The van der Waals surface area contributed by atoms with Gasteiger partial charge in [0.25, 0.3) is 0 Å². The van der Waals surface area contributed by atoms with Crippen LogP contribution in [0.15, 0.2) is 46.2 Å². The maximum Gasteiger partial charge on any atom is 0.417 e. The van der Waals surface area contributed by atoms with Gasteiger partial charge in [0.15, 0.2) is 0 Å². The standard InChI is InChI=1S/C16H13F3OS/c1-10-3-5-13(7-11(10)2)21-15-6-4-12(9-20)8-14(15)16(17,18)19/h3-9H,1-2H3. The second-order valence-electron chi connectivity index (χ2n) is 4.72. The maximum atomic E-state index is 13.1. The van der Waals surface area contributed by atoms with Crippen molar-refractivity contribution in [1.82, 2.24) is 0 Å². The number of carbonyl (C=O) groups excluding carboxylic acids is 1. The Balaban J connectivity index is 2.43. The number of benzene rings is 2. The summed E-state index contributed by atoms with van der Waals surface area (Å²) in [4.78, 5) is 11.5. The lowest BCUT2D eigenvalue weighted by atomic mass is 10.1. The lowest BCUT2D eigenvalue weighted by Gasteiger charge is -2.13. The van der Waals surface area contributed by atoms with Crippen LogP contribution >= 0.6 is 11.8 Å². The molecule has 0 fully saturated rings. The van der Waals surface area contributed by atoms with Gasteiger partial charge in [-0.25, -0.2) is 0 Å². The van der Waals surface area contributed by atoms with Gasteiger partial charge in [-0.3, -0.25) is 4.79 Å². The molecular formula is C16H13F3OS. The molecule has 0 aromatic heterocycles. The van der Waals surface area contributed by atoms with Crippen molar-refractivity contribution in [3.8, 4) is 0 Å². The average Bonchev–Trinajstić information content (AvgIpc) is 2.42. The predicted octanol–water partition coefficient (Wildman–Crippen LogP) is 5.29. The Hall–Kier alpha value is -1.75. The van der Waals surface area contributed by atoms with Crippen molar-refractivity contribution in [3.63, 3.8) is 0 Å². The quantitative estimate of drug-likeness (QED) is 0.717. The zero-order valence-electron chi connectivity index (χ0n) is 11.5. The molecule has 110 valence electrons. The number of carbonyl (C=O) groups is 1. The van der Waals surface area contributed by atoms with Gasteiger partial charge < -0.3 is 0 Å². The number of rotatable bonds is 3. The molecule has 5 heteroatoms. The monoisotopic (exact) mass is 310 g/mol. The van der Waals surface area contributed by atoms with Crippen molar-refractivity contribution in [2.75, 3.05) is 0 Å². The summed E-state index contributed by atoms with van der Waals surface area (Å²) >= 11 is 1.05. The molecule has 1 nitrogen and oxygen atoms in total. The number of aldehydes is 1. The number of alkyl halides is 3. The molecule has 2 aromatic rings. The van der Waals surface area contributed by atoms with E-state index >= 15 is 0 Å². The zero-order valence-corrected chi connectivity index (χ0v) is 12.3. The van der Waals surface area contributed by atoms with Gasteiger partial charge in [0.05, 0.1) is 5.56 Å². The van der Waals surface area contributed by atoms with Crippen molar-refractivity contribution < 1.29 is 18.0 Å². The van der Waals surface area contributed by atoms with E-state index < -0.39 is 11.7 Å². The minimum atomic E-state index is -4.49. The van der Waals surface area contributed by atoms with E-state index in [1.165, 1.54) is 12.1 Å². The predicted molar refractivity (Wildman–Crippen MR) is 76.9 cm³/mol. The van der Waals surface area contributed by atoms with Crippen LogP contribution in [0, 0.1) is 13.8 Å². The average molecular weight is 310 g/mol. The Morgan fingerprint density at radius 2 is 1.71 bits per heavy atom. The molecule has 0 saturated carbocycles. The smallest absolute Gasteiger partial charge is 0.298 e. The molecule has 0 atom stereocenters. The fraction of sp³-hybridized carbons (Fsp3) is 0.188. The highest BCUT2D eigenvalue weighted by atomic mass is 32.2. The molecule has 2 rings (SSSR count). The first-order valence-corrected chi connectivity index (χ1v) is 7.04. The minimum Gasteiger partial charge on any atom is -0.298 e. The van der Waals surface area contributed by atoms with E-state index in [2.05, 4.69) is 0 Å². The molecule has 0 unspecified atom stereocenters. The van der Waals surface area contributed by atoms with Crippen LogP contribution < -0.4 is 0 Å². The Kier molecular flexibility index (Phi) is 4.42. The van der Waals surface area contributed by atoms with Gasteiger partial charge in [0.2, 0.25) is 0 Å². The Bertz CT molecular complexity index is 678. The highest BCUT2D eigenvalue weighted by Gasteiger charge is 2.33. The summed E-state index contributed by atoms with van der Waals surface area (Å²) < 4.78 is 39.2. The van der Waals surface area contributed by atoms with E-state index in [-0.39, 0.29) is 10.5 Å². The van der Waals surface area contributed by atoms with Gasteiger partial charge in [0.1, 0.15) is 6.29 Å². The molecule has 0 bridgehead atoms. The Morgan fingerprint density at radius 3 is 2.29 bits per heavy atom. The molecule has 0 radical (unpaired) electrons. The molecule has 0 spiro atoms. The van der Waals surface area contributed by atoms with E-state index in [1.54, 1.807) is 6.07 Å². The SMILES string of the molecule is Cc1ccc(Sc2ccc(C=O)cc2C(F)(F)F)cc1C. The zero-order chi connectivity index (χ0) is 15.6. The topological polar surface area (TPSA) is 17.1 Å². The first-order valence-electron chi connectivity index (χ1n) is 6.23. The highest BCUT2D eigenvalue weighted by Crippen LogP contribution is 2.40. The second-order valence-corrected chi connectivity index (χ2v) is 5.83. The molecule has 0 saturated heterocycles. The fourth-order valence-corrected chi connectivity index (χ4v) is 2.88. The van der Waals surface area contributed by atoms with Crippen molar-refractivity contribution >= 4 is 18.0 Å². The van der Waals surface area contributed by atoms with Crippen LogP contribution in [0.3, 0.4) is 0 Å². The summed E-state index contributed by atoms with van der Waals surface area (Å²) in [6.07, 6.45) is -4.07. The summed E-state index contributed by atoms with van der Waals surface area (Å²) in [6.45, 7) is 3.86. The van der Waals surface area contributed by atoms with Crippen LogP contribution in [0.1, 0.15) is 27.0 Å². The van der Waals surface area contributed by atoms with Crippen LogP contribution in [0.2, 0.25) is 0 Å². The number of hydrogen-bond acceptors (Lipinski definition) is 2. The Morgan fingerprint density at radius 1 is 1.00 bits per heavy atom. The van der Waals surface area contributed by atoms with Crippen LogP contribution in [0.4, 0.5) is 13.2 Å². The first-order chi connectivity index (χ1) is 9.81. The van der Waals surface area contributed by atoms with Gasteiger partial charge >= 0.3 is 6.18 Å². The van der Waals surface area contributed by atoms with Gasteiger partial charge in [-0.05, 0) is 49.2 Å². The van der Waals surface area contributed by atoms with E-state index in [4.69, 9.17) is 0 Å². The van der Waals surface area contributed by atoms with Crippen molar-refractivity contribution in [2.45, 2.75) is 29.8 Å². The minimum absolute atomic E-state index is 0.0201. The van der Waals surface area contributed by atoms with Crippen molar-refractivity contribution in [2.24, 2.45) is 0 Å². The van der Waals surface area contributed by atoms with E-state index in [1.807, 2.05) is 26.0 Å². The van der Waals surface area contributed by atoms with Gasteiger partial charge in [0, 0.05) is 15.4 Å². The third kappa shape index (κ3) is 3.67. The summed E-state index contributed by atoms with van der Waals surface area (Å²) in [7, 11) is 0. The fourth-order valence-electron chi connectivity index (χ4n) is 1.84. The molecule has 0 aliphatic heterocycles. The molecule has 0 heterocycles. The largest absolute Gasteiger partial charge is 0.417 e. The van der Waals surface area contributed by atoms with E-state index in [0.29, 0.717) is 6.29 Å². The number of aryl methyl sites for hydroxylation is 2. The van der Waals surface area contributed by atoms with Crippen LogP contribution in [-0.2, 0) is 6.18 Å². The number of hydrogen-bond donors (Lipinski definition) is 0. The van der Waals surface area contributed by atoms with Gasteiger partial charge in [-0.2, -0.15) is 13.2 Å². The second kappa shape index (κ2) is 5.93. The van der Waals surface area contributed by atoms with Crippen LogP contribution in [-0.4, -0.2) is 6.29 Å². The summed E-state index contributed by atoms with van der Waals surface area (Å²) in [5.41, 5.74) is 1.35. The van der Waals surface area contributed by atoms with Crippen LogP contribution in [0.25, 0.3) is 0 Å². The lowest BCUT2D eigenvalue weighted by molar-refractivity contribution is -0.139. The lowest BCUT2D eigenvalue weighted by Crippen LogP contribution is -2.07. The molecule has 0 aliphatic rings. The maximum absolute atomic E-state index is 13.1. The molecule has 21 heavy (non-hydrogen) atoms. The summed E-state index contributed by atoms with van der Waals surface area (Å²) in [5, 5.41) is 0. The molecular weight excluding hydrogens is 297 g/mol. The van der Waals surface area contributed by atoms with Crippen LogP contribution in [0.5, 0.6) is 0 Å². The highest BCUT2D eigenvalue weighted by molar-refractivity contribution is 7.99. The van der Waals surface area contributed by atoms with Crippen molar-refractivity contribution in [1.29, 1.82) is 0 Å². The van der Waals surface area contributed by atoms with Gasteiger partial charge in [-0.15, -0.1) is 0 Å². The first kappa shape index (κ1) is 15.6. The summed E-state index contributed by atoms with van der Waals surface area (Å²) in [5.74, 6) is 0. The normalized spacial score (nSPS) is 11.5. The van der Waals surface area contributed by atoms with E-state index in [9.17, 15) is 18.0 Å². The molecule has 0 N–H and O–H groups in total. The van der Waals surface area contributed by atoms with Crippen molar-refractivity contribution in [3.05, 3.63) is 58.7 Å². The Labute approximate surface area is 125 Å². The third-order valence-corrected chi connectivity index (χ3v) is 4.22. The molecule has 0 amide bonds. The number of halogens is 3. The van der Waals surface area contributed by atoms with E-state index in [0.717, 1.165) is 33.9 Å². The summed E-state index contributed by atoms with van der Waals surface area (Å²) in [6, 6.07) is 9.15. The van der Waals surface area contributed by atoms with Gasteiger partial charge in [-0.1, -0.05) is 23.9 Å². The molecule has 0 aliphatic carbocycles. The molecule has 2 aromatic carbocycles.